The molecule has 0 atom stereocenters. The minimum absolute atomic E-state index is 0.665. The van der Waals surface area contributed by atoms with Crippen LogP contribution in [0.4, 0.5) is 0 Å². The van der Waals surface area contributed by atoms with Gasteiger partial charge in [-0.05, 0) is 30.0 Å². The van der Waals surface area contributed by atoms with E-state index in [0.29, 0.717) is 11.5 Å². The molecule has 0 unspecified atom stereocenters. The molecule has 0 radical (unpaired) electrons. The minimum Gasteiger partial charge on any atom is -0.439 e. The number of aryl methyl sites for hydroxylation is 3. The topological polar surface area (TPSA) is 38.9 Å². The zero-order valence-electron chi connectivity index (χ0n) is 10.3. The molecule has 2 aromatic heterocycles. The number of aromatic nitrogens is 2. The monoisotopic (exact) mass is 238 g/mol. The zero-order valence-corrected chi connectivity index (χ0v) is 10.3. The lowest BCUT2D eigenvalue weighted by Gasteiger charge is -2.01. The third kappa shape index (κ3) is 2.25. The maximum Gasteiger partial charge on any atom is 0.198 e. The molecule has 0 bridgehead atoms. The Bertz CT molecular complexity index is 659. The van der Waals surface area contributed by atoms with Gasteiger partial charge in [0.15, 0.2) is 17.1 Å². The summed E-state index contributed by atoms with van der Waals surface area (Å²) in [5.41, 5.74) is 3.99. The van der Waals surface area contributed by atoms with Crippen molar-refractivity contribution in [3.8, 4) is 0 Å². The molecule has 0 aliphatic rings. The van der Waals surface area contributed by atoms with Gasteiger partial charge in [0, 0.05) is 13.1 Å². The number of pyridine rings is 1. The summed E-state index contributed by atoms with van der Waals surface area (Å²) in [6.07, 6.45) is 3.86. The Balaban J connectivity index is 1.78. The normalized spacial score (nSPS) is 10.9. The van der Waals surface area contributed by atoms with Gasteiger partial charge in [-0.25, -0.2) is 4.98 Å². The van der Waals surface area contributed by atoms with Crippen molar-refractivity contribution in [2.45, 2.75) is 19.8 Å². The van der Waals surface area contributed by atoms with Crippen LogP contribution in [0.2, 0.25) is 0 Å². The van der Waals surface area contributed by atoms with Crippen molar-refractivity contribution < 1.29 is 4.42 Å². The molecule has 0 amide bonds. The van der Waals surface area contributed by atoms with Gasteiger partial charge >= 0.3 is 0 Å². The highest BCUT2D eigenvalue weighted by atomic mass is 16.3. The molecule has 1 aromatic carbocycles. The van der Waals surface area contributed by atoms with Crippen LogP contribution in [0.3, 0.4) is 0 Å². The highest BCUT2D eigenvalue weighted by Crippen LogP contribution is 2.15. The fourth-order valence-electron chi connectivity index (χ4n) is 2.04. The Hall–Kier alpha value is -2.16. The lowest BCUT2D eigenvalue weighted by Crippen LogP contribution is -1.92. The molecule has 0 aliphatic carbocycles. The molecule has 2 heterocycles. The standard InChI is InChI=1S/C15H14N2O/c1-11-17-15-14(18-11)9-13(10-16-15)8-7-12-5-3-2-4-6-12/h2-6,9-10H,7-8H2,1H3. The predicted molar refractivity (Wildman–Crippen MR) is 70.4 cm³/mol. The summed E-state index contributed by atoms with van der Waals surface area (Å²) < 4.78 is 5.49. The van der Waals surface area contributed by atoms with Gasteiger partial charge in [0.25, 0.3) is 0 Å². The molecule has 0 N–H and O–H groups in total. The van der Waals surface area contributed by atoms with E-state index < -0.39 is 0 Å². The molecular weight excluding hydrogens is 224 g/mol. The lowest BCUT2D eigenvalue weighted by atomic mass is 10.1. The first-order valence-electron chi connectivity index (χ1n) is 6.07. The van der Waals surface area contributed by atoms with Crippen molar-refractivity contribution in [3.63, 3.8) is 0 Å². The lowest BCUT2D eigenvalue weighted by molar-refractivity contribution is 0.560. The minimum atomic E-state index is 0.665. The summed E-state index contributed by atoms with van der Waals surface area (Å²) in [6.45, 7) is 1.84. The van der Waals surface area contributed by atoms with Gasteiger partial charge in [-0.1, -0.05) is 30.3 Å². The maximum atomic E-state index is 5.49. The highest BCUT2D eigenvalue weighted by Gasteiger charge is 2.04. The summed E-state index contributed by atoms with van der Waals surface area (Å²) in [6, 6.07) is 12.5. The van der Waals surface area contributed by atoms with Crippen LogP contribution in [0.1, 0.15) is 17.0 Å². The van der Waals surface area contributed by atoms with Crippen molar-refractivity contribution in [2.75, 3.05) is 0 Å². The Morgan fingerprint density at radius 2 is 1.83 bits per heavy atom. The number of nitrogens with zero attached hydrogens (tertiary/aromatic N) is 2. The van der Waals surface area contributed by atoms with Crippen molar-refractivity contribution in [3.05, 3.63) is 59.6 Å². The number of rotatable bonds is 3. The van der Waals surface area contributed by atoms with Crippen LogP contribution in [-0.2, 0) is 12.8 Å². The molecule has 3 rings (SSSR count). The van der Waals surface area contributed by atoms with E-state index in [1.165, 1.54) is 11.1 Å². The third-order valence-electron chi connectivity index (χ3n) is 2.96. The van der Waals surface area contributed by atoms with Gasteiger partial charge < -0.3 is 4.42 Å². The van der Waals surface area contributed by atoms with Gasteiger partial charge in [-0.3, -0.25) is 0 Å². The van der Waals surface area contributed by atoms with Crippen molar-refractivity contribution in [1.29, 1.82) is 0 Å². The fourth-order valence-corrected chi connectivity index (χ4v) is 2.04. The van der Waals surface area contributed by atoms with Gasteiger partial charge in [-0.15, -0.1) is 0 Å². The SMILES string of the molecule is Cc1nc2ncc(CCc3ccccc3)cc2o1. The average Bonchev–Trinajstić information content (AvgIpc) is 2.77. The molecule has 0 fully saturated rings. The van der Waals surface area contributed by atoms with Crippen LogP contribution in [0.15, 0.2) is 47.0 Å². The van der Waals surface area contributed by atoms with Crippen LogP contribution in [0.25, 0.3) is 11.2 Å². The van der Waals surface area contributed by atoms with Crippen LogP contribution in [0.5, 0.6) is 0 Å². The predicted octanol–water partition coefficient (Wildman–Crippen LogP) is 3.32. The first kappa shape index (κ1) is 11.0. The Kier molecular flexibility index (Phi) is 2.81. The van der Waals surface area contributed by atoms with E-state index in [9.17, 15) is 0 Å². The van der Waals surface area contributed by atoms with Gasteiger partial charge in [0.05, 0.1) is 0 Å². The highest BCUT2D eigenvalue weighted by molar-refractivity contribution is 5.68. The molecule has 0 aliphatic heterocycles. The van der Waals surface area contributed by atoms with E-state index in [1.807, 2.05) is 25.3 Å². The second-order valence-electron chi connectivity index (χ2n) is 4.38. The maximum absolute atomic E-state index is 5.49. The van der Waals surface area contributed by atoms with E-state index in [-0.39, 0.29) is 0 Å². The van der Waals surface area contributed by atoms with Crippen LogP contribution < -0.4 is 0 Å². The zero-order chi connectivity index (χ0) is 12.4. The summed E-state index contributed by atoms with van der Waals surface area (Å²) in [5, 5.41) is 0. The molecule has 0 saturated carbocycles. The summed E-state index contributed by atoms with van der Waals surface area (Å²) >= 11 is 0. The molecule has 3 nitrogen and oxygen atoms in total. The smallest absolute Gasteiger partial charge is 0.198 e. The van der Waals surface area contributed by atoms with E-state index in [0.717, 1.165) is 18.4 Å². The summed E-state index contributed by atoms with van der Waals surface area (Å²) in [4.78, 5) is 8.50. The number of hydrogen-bond acceptors (Lipinski definition) is 3. The van der Waals surface area contributed by atoms with Gasteiger partial charge in [0.1, 0.15) is 0 Å². The Morgan fingerprint density at radius 1 is 1.06 bits per heavy atom. The van der Waals surface area contributed by atoms with E-state index >= 15 is 0 Å². The second-order valence-corrected chi connectivity index (χ2v) is 4.38. The first-order valence-corrected chi connectivity index (χ1v) is 6.07. The molecular formula is C15H14N2O. The van der Waals surface area contributed by atoms with Gasteiger partial charge in [0.2, 0.25) is 0 Å². The average molecular weight is 238 g/mol. The van der Waals surface area contributed by atoms with Crippen molar-refractivity contribution >= 4 is 11.2 Å². The second kappa shape index (κ2) is 4.61. The summed E-state index contributed by atoms with van der Waals surface area (Å²) in [5.74, 6) is 0.665. The largest absolute Gasteiger partial charge is 0.439 e. The molecule has 3 aromatic rings. The first-order chi connectivity index (χ1) is 8.81. The molecule has 90 valence electrons. The number of oxazole rings is 1. The Labute approximate surface area is 105 Å². The fraction of sp³-hybridized carbons (Fsp3) is 0.200. The van der Waals surface area contributed by atoms with Crippen LogP contribution >= 0.6 is 0 Å². The van der Waals surface area contributed by atoms with E-state index in [2.05, 4.69) is 34.2 Å². The third-order valence-corrected chi connectivity index (χ3v) is 2.96. The molecule has 0 saturated heterocycles. The molecule has 3 heteroatoms. The molecule has 0 spiro atoms. The van der Waals surface area contributed by atoms with Crippen molar-refractivity contribution in [2.24, 2.45) is 0 Å². The van der Waals surface area contributed by atoms with Crippen LogP contribution in [-0.4, -0.2) is 9.97 Å². The molecule has 18 heavy (non-hydrogen) atoms. The number of fused-ring (bicyclic) bond motifs is 1. The van der Waals surface area contributed by atoms with E-state index in [4.69, 9.17) is 4.42 Å². The van der Waals surface area contributed by atoms with Crippen molar-refractivity contribution in [1.82, 2.24) is 9.97 Å². The number of benzene rings is 1. The van der Waals surface area contributed by atoms with E-state index in [1.54, 1.807) is 0 Å². The Morgan fingerprint density at radius 3 is 2.67 bits per heavy atom. The number of hydrogen-bond donors (Lipinski definition) is 0. The van der Waals surface area contributed by atoms with Gasteiger partial charge in [-0.2, -0.15) is 4.98 Å². The quantitative estimate of drug-likeness (QED) is 0.702. The summed E-state index contributed by atoms with van der Waals surface area (Å²) in [7, 11) is 0. The van der Waals surface area contributed by atoms with Crippen LogP contribution in [0, 0.1) is 6.92 Å².